The molecule has 0 unspecified atom stereocenters. The van der Waals surface area contributed by atoms with E-state index in [2.05, 4.69) is 26.1 Å². The third kappa shape index (κ3) is 4.32. The molecule has 0 spiro atoms. The lowest BCUT2D eigenvalue weighted by Crippen LogP contribution is -2.15. The largest absolute Gasteiger partial charge is 0.310 e. The zero-order chi connectivity index (χ0) is 12.5. The van der Waals surface area contributed by atoms with Gasteiger partial charge in [0.15, 0.2) is 0 Å². The molecule has 3 heteroatoms. The highest BCUT2D eigenvalue weighted by Crippen LogP contribution is 2.33. The van der Waals surface area contributed by atoms with E-state index in [1.54, 1.807) is 17.8 Å². The van der Waals surface area contributed by atoms with Crippen LogP contribution in [0.3, 0.4) is 0 Å². The van der Waals surface area contributed by atoms with Gasteiger partial charge in [0.25, 0.3) is 0 Å². The first-order valence-corrected chi connectivity index (χ1v) is 6.96. The van der Waals surface area contributed by atoms with E-state index in [1.807, 2.05) is 12.1 Å². The number of benzene rings is 1. The quantitative estimate of drug-likeness (QED) is 0.815. The van der Waals surface area contributed by atoms with E-state index < -0.39 is 0 Å². The molecule has 1 aromatic carbocycles. The van der Waals surface area contributed by atoms with Crippen LogP contribution >= 0.6 is 11.8 Å². The van der Waals surface area contributed by atoms with E-state index >= 15 is 0 Å². The van der Waals surface area contributed by atoms with Crippen molar-refractivity contribution in [1.82, 2.24) is 5.32 Å². The minimum absolute atomic E-state index is 0.0502. The summed E-state index contributed by atoms with van der Waals surface area (Å²) in [6.45, 7) is 7.07. The summed E-state index contributed by atoms with van der Waals surface area (Å²) in [7, 11) is 0. The van der Waals surface area contributed by atoms with Crippen LogP contribution in [0.1, 0.15) is 39.2 Å². The number of hydrogen-bond donors (Lipinski definition) is 1. The van der Waals surface area contributed by atoms with E-state index in [4.69, 9.17) is 0 Å². The van der Waals surface area contributed by atoms with Crippen molar-refractivity contribution < 1.29 is 4.39 Å². The normalized spacial score (nSPS) is 16.2. The molecule has 94 valence electrons. The predicted octanol–water partition coefficient (Wildman–Crippen LogP) is 3.97. The zero-order valence-electron chi connectivity index (χ0n) is 10.7. The molecule has 1 aliphatic carbocycles. The Labute approximate surface area is 107 Å². The van der Waals surface area contributed by atoms with Gasteiger partial charge in [-0.2, -0.15) is 0 Å². The molecule has 1 aliphatic rings. The smallest absolute Gasteiger partial charge is 0.137 e. The van der Waals surface area contributed by atoms with Crippen LogP contribution in [0.25, 0.3) is 0 Å². The fourth-order valence-electron chi connectivity index (χ4n) is 1.62. The van der Waals surface area contributed by atoms with Crippen molar-refractivity contribution >= 4 is 11.8 Å². The first kappa shape index (κ1) is 12.9. The molecule has 0 saturated heterocycles. The highest BCUT2D eigenvalue weighted by atomic mass is 32.2. The van der Waals surface area contributed by atoms with E-state index in [-0.39, 0.29) is 10.6 Å². The first-order valence-electron chi connectivity index (χ1n) is 6.15. The maximum atomic E-state index is 13.9. The molecule has 1 aromatic rings. The number of hydrogen-bond acceptors (Lipinski definition) is 2. The topological polar surface area (TPSA) is 12.0 Å². The zero-order valence-corrected chi connectivity index (χ0v) is 11.5. The van der Waals surface area contributed by atoms with Gasteiger partial charge in [0.05, 0.1) is 0 Å². The Bertz CT molecular complexity index is 394. The van der Waals surface area contributed by atoms with Crippen molar-refractivity contribution in [1.29, 1.82) is 0 Å². The fraction of sp³-hybridized carbons (Fsp3) is 0.571. The minimum atomic E-state index is -0.0972. The molecule has 0 aromatic heterocycles. The highest BCUT2D eigenvalue weighted by molar-refractivity contribution is 8.00. The minimum Gasteiger partial charge on any atom is -0.310 e. The summed E-state index contributed by atoms with van der Waals surface area (Å²) < 4.78 is 13.9. The molecule has 0 bridgehead atoms. The van der Waals surface area contributed by atoms with Crippen molar-refractivity contribution in [2.45, 2.75) is 55.8 Å². The van der Waals surface area contributed by atoms with Gasteiger partial charge in [-0.25, -0.2) is 4.39 Å². The van der Waals surface area contributed by atoms with E-state index in [0.717, 1.165) is 17.0 Å². The van der Waals surface area contributed by atoms with Crippen LogP contribution in [-0.2, 0) is 6.54 Å². The van der Waals surface area contributed by atoms with Gasteiger partial charge in [0, 0.05) is 22.2 Å². The van der Waals surface area contributed by atoms with Crippen LogP contribution in [0.5, 0.6) is 0 Å². The summed E-state index contributed by atoms with van der Waals surface area (Å²) in [6.07, 6.45) is 2.53. The molecular weight excluding hydrogens is 233 g/mol. The number of halogens is 1. The molecule has 1 saturated carbocycles. The van der Waals surface area contributed by atoms with E-state index in [9.17, 15) is 4.39 Å². The Morgan fingerprint density at radius 2 is 2.06 bits per heavy atom. The molecule has 1 N–H and O–H groups in total. The van der Waals surface area contributed by atoms with Crippen LogP contribution in [0.4, 0.5) is 4.39 Å². The van der Waals surface area contributed by atoms with E-state index in [0.29, 0.717) is 6.04 Å². The molecule has 2 rings (SSSR count). The maximum absolute atomic E-state index is 13.9. The van der Waals surface area contributed by atoms with E-state index in [1.165, 1.54) is 12.8 Å². The van der Waals surface area contributed by atoms with Crippen LogP contribution in [-0.4, -0.2) is 10.8 Å². The second-order valence-electron chi connectivity index (χ2n) is 5.63. The number of thioether (sulfide) groups is 1. The maximum Gasteiger partial charge on any atom is 0.137 e. The molecule has 1 nitrogen and oxygen atoms in total. The Hall–Kier alpha value is -0.540. The Morgan fingerprint density at radius 1 is 1.35 bits per heavy atom. The summed E-state index contributed by atoms with van der Waals surface area (Å²) in [4.78, 5) is 0.743. The van der Waals surface area contributed by atoms with Gasteiger partial charge in [-0.1, -0.05) is 26.8 Å². The van der Waals surface area contributed by atoms with Crippen LogP contribution in [0, 0.1) is 5.82 Å². The lowest BCUT2D eigenvalue weighted by molar-refractivity contribution is 0.593. The van der Waals surface area contributed by atoms with Gasteiger partial charge in [0.1, 0.15) is 5.82 Å². The summed E-state index contributed by atoms with van der Waals surface area (Å²) in [6, 6.07) is 6.24. The van der Waals surface area contributed by atoms with Crippen molar-refractivity contribution in [2.24, 2.45) is 0 Å². The number of nitrogens with one attached hydrogen (secondary N) is 1. The standard InChI is InChI=1S/C14H20FNS/c1-14(2,3)17-13-7-4-10(8-12(13)15)9-16-11-5-6-11/h4,7-8,11,16H,5-6,9H2,1-3H3. The van der Waals surface area contributed by atoms with Gasteiger partial charge in [-0.3, -0.25) is 0 Å². The van der Waals surface area contributed by atoms with Crippen LogP contribution < -0.4 is 5.32 Å². The molecule has 0 heterocycles. The highest BCUT2D eigenvalue weighted by Gasteiger charge is 2.20. The monoisotopic (exact) mass is 253 g/mol. The molecule has 0 amide bonds. The second kappa shape index (κ2) is 4.99. The van der Waals surface area contributed by atoms with Gasteiger partial charge >= 0.3 is 0 Å². The average Bonchev–Trinajstić information content (AvgIpc) is 3.00. The second-order valence-corrected chi connectivity index (χ2v) is 7.50. The Kier molecular flexibility index (Phi) is 3.79. The third-order valence-corrected chi connectivity index (χ3v) is 3.75. The molecule has 1 fully saturated rings. The molecule has 0 aliphatic heterocycles. The predicted molar refractivity (Wildman–Crippen MR) is 71.9 cm³/mol. The van der Waals surface area contributed by atoms with Crippen molar-refractivity contribution in [3.63, 3.8) is 0 Å². The van der Waals surface area contributed by atoms with Gasteiger partial charge < -0.3 is 5.32 Å². The first-order chi connectivity index (χ1) is 7.94. The van der Waals surface area contributed by atoms with Crippen LogP contribution in [0.2, 0.25) is 0 Å². The summed E-state index contributed by atoms with van der Waals surface area (Å²) in [5, 5.41) is 3.39. The lowest BCUT2D eigenvalue weighted by Gasteiger charge is -2.18. The summed E-state index contributed by atoms with van der Waals surface area (Å²) in [5.41, 5.74) is 1.03. The lowest BCUT2D eigenvalue weighted by atomic mass is 10.2. The molecule has 0 radical (unpaired) electrons. The van der Waals surface area contributed by atoms with Gasteiger partial charge in [0.2, 0.25) is 0 Å². The van der Waals surface area contributed by atoms with Gasteiger partial charge in [-0.05, 0) is 30.5 Å². The Morgan fingerprint density at radius 3 is 2.59 bits per heavy atom. The molecular formula is C14H20FNS. The van der Waals surface area contributed by atoms with Crippen molar-refractivity contribution in [3.8, 4) is 0 Å². The van der Waals surface area contributed by atoms with Crippen molar-refractivity contribution in [3.05, 3.63) is 29.6 Å². The number of rotatable bonds is 4. The third-order valence-electron chi connectivity index (χ3n) is 2.58. The summed E-state index contributed by atoms with van der Waals surface area (Å²) >= 11 is 1.58. The Balaban J connectivity index is 1.99. The fourth-order valence-corrected chi connectivity index (χ4v) is 2.57. The average molecular weight is 253 g/mol. The van der Waals surface area contributed by atoms with Gasteiger partial charge in [-0.15, -0.1) is 11.8 Å². The van der Waals surface area contributed by atoms with Crippen molar-refractivity contribution in [2.75, 3.05) is 0 Å². The SMILES string of the molecule is CC(C)(C)Sc1ccc(CNC2CC2)cc1F. The summed E-state index contributed by atoms with van der Waals surface area (Å²) in [5.74, 6) is -0.0972. The molecule has 17 heavy (non-hydrogen) atoms. The molecule has 0 atom stereocenters. The van der Waals surface area contributed by atoms with Crippen LogP contribution in [0.15, 0.2) is 23.1 Å².